The molecule has 0 aliphatic rings. The van der Waals surface area contributed by atoms with Crippen LogP contribution in [-0.4, -0.2) is 49.4 Å². The molecule has 0 saturated carbocycles. The lowest BCUT2D eigenvalue weighted by molar-refractivity contribution is -0.384. The molecule has 10 heteroatoms. The smallest absolute Gasteiger partial charge is 0.340 e. The largest absolute Gasteiger partial charge is 0.478 e. The zero-order valence-corrected chi connectivity index (χ0v) is 16.0. The number of nitro benzene ring substituents is 1. The molecule has 0 atom stereocenters. The number of carbonyl (C=O) groups is 2. The fourth-order valence-corrected chi connectivity index (χ4v) is 2.79. The minimum Gasteiger partial charge on any atom is -0.478 e. The number of carboxylic acids is 1. The van der Waals surface area contributed by atoms with Crippen LogP contribution < -0.4 is 0 Å². The van der Waals surface area contributed by atoms with Crippen molar-refractivity contribution >= 4 is 17.6 Å². The molecule has 1 aromatic carbocycles. The second-order valence-electron chi connectivity index (χ2n) is 6.89. The molecule has 0 fully saturated rings. The number of pyridine rings is 1. The van der Waals surface area contributed by atoms with Crippen LogP contribution in [0.5, 0.6) is 0 Å². The van der Waals surface area contributed by atoms with Crippen LogP contribution in [0, 0.1) is 17.0 Å². The average molecular weight is 404 g/mol. The van der Waals surface area contributed by atoms with E-state index >= 15 is 0 Å². The fourth-order valence-electron chi connectivity index (χ4n) is 2.79. The van der Waals surface area contributed by atoms with Crippen molar-refractivity contribution < 1.29 is 34.6 Å². The Kier molecular flexibility index (Phi) is 6.30. The van der Waals surface area contributed by atoms with Crippen LogP contribution in [0.4, 0.5) is 5.69 Å². The summed E-state index contributed by atoms with van der Waals surface area (Å²) in [6.07, 6.45) is 0. The van der Waals surface area contributed by atoms with E-state index in [2.05, 4.69) is 4.98 Å². The highest BCUT2D eigenvalue weighted by molar-refractivity contribution is 6.07. The Labute approximate surface area is 165 Å². The molecule has 154 valence electrons. The van der Waals surface area contributed by atoms with Gasteiger partial charge in [0.25, 0.3) is 5.69 Å². The molecule has 1 heterocycles. The van der Waals surface area contributed by atoms with Crippen LogP contribution in [0.25, 0.3) is 11.1 Å². The van der Waals surface area contributed by atoms with Crippen LogP contribution in [-0.2, 0) is 11.3 Å². The second kappa shape index (κ2) is 8.33. The highest BCUT2D eigenvalue weighted by atomic mass is 16.6. The summed E-state index contributed by atoms with van der Waals surface area (Å²) < 4.78 is 5.09. The number of esters is 1. The lowest BCUT2D eigenvalue weighted by atomic mass is 9.91. The molecule has 0 radical (unpaired) electrons. The summed E-state index contributed by atoms with van der Waals surface area (Å²) in [6, 6.07) is 5.32. The van der Waals surface area contributed by atoms with E-state index in [0.29, 0.717) is 0 Å². The number of ether oxygens (including phenoxy) is 1. The molecule has 3 N–H and O–H groups in total. The minimum atomic E-state index is -1.52. The summed E-state index contributed by atoms with van der Waals surface area (Å²) in [4.78, 5) is 39.5. The molecule has 2 rings (SSSR count). The van der Waals surface area contributed by atoms with Crippen molar-refractivity contribution in [2.24, 2.45) is 0 Å². The van der Waals surface area contributed by atoms with Gasteiger partial charge in [0.15, 0.2) is 0 Å². The third-order valence-corrected chi connectivity index (χ3v) is 3.95. The maximum Gasteiger partial charge on any atom is 0.340 e. The third-order valence-electron chi connectivity index (χ3n) is 3.95. The minimum absolute atomic E-state index is 0.0212. The van der Waals surface area contributed by atoms with Gasteiger partial charge in [-0.1, -0.05) is 12.1 Å². The van der Waals surface area contributed by atoms with Crippen molar-refractivity contribution in [3.63, 3.8) is 0 Å². The number of nitro groups is 1. The number of nitrogens with zero attached hydrogens (tertiary/aromatic N) is 2. The van der Waals surface area contributed by atoms with Gasteiger partial charge in [-0.25, -0.2) is 9.59 Å². The van der Waals surface area contributed by atoms with E-state index in [-0.39, 0.29) is 28.1 Å². The lowest BCUT2D eigenvalue weighted by Gasteiger charge is -2.20. The van der Waals surface area contributed by atoms with Crippen LogP contribution >= 0.6 is 0 Å². The Hall–Kier alpha value is -3.37. The summed E-state index contributed by atoms with van der Waals surface area (Å²) >= 11 is 0. The first-order chi connectivity index (χ1) is 13.5. The lowest BCUT2D eigenvalue weighted by Crippen LogP contribution is -2.28. The average Bonchev–Trinajstić information content (AvgIpc) is 2.64. The number of aliphatic hydroxyl groups excluding tert-OH is 1. The van der Waals surface area contributed by atoms with Crippen LogP contribution in [0.3, 0.4) is 0 Å². The van der Waals surface area contributed by atoms with E-state index in [0.717, 1.165) is 0 Å². The van der Waals surface area contributed by atoms with E-state index in [1.807, 2.05) is 0 Å². The first-order valence-electron chi connectivity index (χ1n) is 8.48. The Morgan fingerprint density at radius 3 is 2.38 bits per heavy atom. The molecule has 0 aliphatic heterocycles. The van der Waals surface area contributed by atoms with Crippen LogP contribution in [0.1, 0.15) is 46.0 Å². The number of carboxylic acid groups (broad SMARTS) is 1. The zero-order valence-electron chi connectivity index (χ0n) is 16.0. The molecule has 2 aromatic rings. The van der Waals surface area contributed by atoms with Gasteiger partial charge >= 0.3 is 11.9 Å². The number of aliphatic hydroxyl groups is 2. The molecule has 10 nitrogen and oxygen atoms in total. The zero-order chi connectivity index (χ0) is 21.9. The SMILES string of the molecule is Cc1nc(CO)c(C(=O)O)c(-c2ccccc2[N+](=O)[O-])c1C(=O)OCC(C)(C)O. The predicted molar refractivity (Wildman–Crippen MR) is 101 cm³/mol. The molecule has 1 aromatic heterocycles. The fraction of sp³-hybridized carbons (Fsp3) is 0.316. The number of para-hydroxylation sites is 1. The summed E-state index contributed by atoms with van der Waals surface area (Å²) in [7, 11) is 0. The van der Waals surface area contributed by atoms with Crippen molar-refractivity contribution in [2.45, 2.75) is 33.0 Å². The summed E-state index contributed by atoms with van der Waals surface area (Å²) in [5, 5.41) is 40.6. The molecular formula is C19H20N2O8. The monoisotopic (exact) mass is 404 g/mol. The third kappa shape index (κ3) is 4.73. The number of benzene rings is 1. The number of carbonyl (C=O) groups excluding carboxylic acids is 1. The maximum absolute atomic E-state index is 12.8. The van der Waals surface area contributed by atoms with Crippen molar-refractivity contribution in [3.8, 4) is 11.1 Å². The highest BCUT2D eigenvalue weighted by Gasteiger charge is 2.32. The normalized spacial score (nSPS) is 11.2. The summed E-state index contributed by atoms with van der Waals surface area (Å²) in [5.41, 5.74) is -3.25. The van der Waals surface area contributed by atoms with E-state index in [4.69, 9.17) is 4.74 Å². The molecule has 0 spiro atoms. The number of aromatic carboxylic acids is 1. The molecule has 0 saturated heterocycles. The first-order valence-corrected chi connectivity index (χ1v) is 8.48. The van der Waals surface area contributed by atoms with Gasteiger partial charge < -0.3 is 20.1 Å². The molecule has 0 bridgehead atoms. The van der Waals surface area contributed by atoms with Crippen LogP contribution in [0.2, 0.25) is 0 Å². The quantitative estimate of drug-likeness (QED) is 0.356. The highest BCUT2D eigenvalue weighted by Crippen LogP contribution is 2.37. The van der Waals surface area contributed by atoms with E-state index in [1.165, 1.54) is 45.0 Å². The van der Waals surface area contributed by atoms with E-state index < -0.39 is 46.9 Å². The molecule has 29 heavy (non-hydrogen) atoms. The van der Waals surface area contributed by atoms with Gasteiger partial charge in [0.1, 0.15) is 6.61 Å². The van der Waals surface area contributed by atoms with Gasteiger partial charge in [0.05, 0.1) is 45.2 Å². The van der Waals surface area contributed by atoms with Gasteiger partial charge in [-0.15, -0.1) is 0 Å². The van der Waals surface area contributed by atoms with E-state index in [9.17, 15) is 35.0 Å². The van der Waals surface area contributed by atoms with E-state index in [1.54, 1.807) is 0 Å². The maximum atomic E-state index is 12.8. The second-order valence-corrected chi connectivity index (χ2v) is 6.89. The number of hydrogen-bond acceptors (Lipinski definition) is 8. The number of hydrogen-bond donors (Lipinski definition) is 3. The van der Waals surface area contributed by atoms with Gasteiger partial charge in [0.2, 0.25) is 0 Å². The van der Waals surface area contributed by atoms with Gasteiger partial charge in [0, 0.05) is 11.6 Å². The Bertz CT molecular complexity index is 979. The van der Waals surface area contributed by atoms with Gasteiger partial charge in [-0.2, -0.15) is 0 Å². The standard InChI is InChI=1S/C19H20N2O8/c1-10-14(18(25)29-9-19(2,3)26)15(16(17(23)24)12(8-22)20-10)11-6-4-5-7-13(11)21(27)28/h4-7,22,26H,8-9H2,1-3H3,(H,23,24). The van der Waals surface area contributed by atoms with Crippen molar-refractivity contribution in [1.82, 2.24) is 4.98 Å². The number of rotatable bonds is 7. The Morgan fingerprint density at radius 1 is 1.24 bits per heavy atom. The number of aryl methyl sites for hydroxylation is 1. The number of aromatic nitrogens is 1. The summed E-state index contributed by atoms with van der Waals surface area (Å²) in [6.45, 7) is 3.06. The molecule has 0 unspecified atom stereocenters. The Morgan fingerprint density at radius 2 is 1.86 bits per heavy atom. The predicted octanol–water partition coefficient (Wildman–Crippen LogP) is 2.08. The molecule has 0 amide bonds. The Balaban J connectivity index is 2.88. The van der Waals surface area contributed by atoms with Crippen molar-refractivity contribution in [1.29, 1.82) is 0 Å². The molecule has 0 aliphatic carbocycles. The van der Waals surface area contributed by atoms with Crippen molar-refractivity contribution in [2.75, 3.05) is 6.61 Å². The van der Waals surface area contributed by atoms with Gasteiger partial charge in [-0.3, -0.25) is 15.1 Å². The molecular weight excluding hydrogens is 384 g/mol. The topological polar surface area (TPSA) is 160 Å². The summed E-state index contributed by atoms with van der Waals surface area (Å²) in [5.74, 6) is -2.52. The first kappa shape index (κ1) is 21.9. The van der Waals surface area contributed by atoms with Crippen molar-refractivity contribution in [3.05, 3.63) is 56.9 Å². The van der Waals surface area contributed by atoms with Crippen LogP contribution in [0.15, 0.2) is 24.3 Å². The van der Waals surface area contributed by atoms with Gasteiger partial charge in [-0.05, 0) is 26.8 Å².